The van der Waals surface area contributed by atoms with E-state index in [0.29, 0.717) is 0 Å². The lowest BCUT2D eigenvalue weighted by Gasteiger charge is -2.14. The molecule has 0 N–H and O–H groups in total. The lowest BCUT2D eigenvalue weighted by molar-refractivity contribution is 0.392. The average molecular weight is 505 g/mol. The first-order chi connectivity index (χ1) is 17.9. The first-order valence-electron chi connectivity index (χ1n) is 17.9. The molecule has 0 unspecified atom stereocenters. The van der Waals surface area contributed by atoms with Crippen LogP contribution in [-0.4, -0.2) is 0 Å². The zero-order valence-electron chi connectivity index (χ0n) is 25.6. The molecule has 216 valence electrons. The second-order valence-corrected chi connectivity index (χ2v) is 12.8. The maximum Gasteiger partial charge on any atom is -0.0417 e. The first kappa shape index (κ1) is 34.0. The van der Waals surface area contributed by atoms with Crippen LogP contribution in [0.3, 0.4) is 0 Å². The van der Waals surface area contributed by atoms with Crippen molar-refractivity contribution in [2.24, 2.45) is 5.92 Å². The van der Waals surface area contributed by atoms with E-state index >= 15 is 0 Å². The summed E-state index contributed by atoms with van der Waals surface area (Å²) in [6.07, 6.45) is 50.9. The average Bonchev–Trinajstić information content (AvgIpc) is 2.89. The molecule has 1 saturated carbocycles. The van der Waals surface area contributed by atoms with Crippen LogP contribution in [-0.2, 0) is 0 Å². The predicted molar refractivity (Wildman–Crippen MR) is 166 cm³/mol. The van der Waals surface area contributed by atoms with Gasteiger partial charge in [0.05, 0.1) is 0 Å². The van der Waals surface area contributed by atoms with E-state index in [2.05, 4.69) is 6.92 Å². The van der Waals surface area contributed by atoms with Gasteiger partial charge in [-0.1, -0.05) is 225 Å². The van der Waals surface area contributed by atoms with Crippen LogP contribution in [0.5, 0.6) is 0 Å². The molecule has 0 amide bonds. The van der Waals surface area contributed by atoms with Gasteiger partial charge in [0.1, 0.15) is 0 Å². The summed E-state index contributed by atoms with van der Waals surface area (Å²) in [6.45, 7) is 2.43. The second-order valence-electron chi connectivity index (χ2n) is 12.8. The van der Waals surface area contributed by atoms with Gasteiger partial charge in [-0.2, -0.15) is 0 Å². The maximum atomic E-state index is 2.43. The number of rotatable bonds is 1. The summed E-state index contributed by atoms with van der Waals surface area (Å²) in [6, 6.07) is 0. The van der Waals surface area contributed by atoms with E-state index in [4.69, 9.17) is 0 Å². The minimum absolute atomic E-state index is 1.02. The van der Waals surface area contributed by atoms with E-state index < -0.39 is 0 Å². The van der Waals surface area contributed by atoms with Gasteiger partial charge in [0.2, 0.25) is 0 Å². The van der Waals surface area contributed by atoms with Crippen LogP contribution in [0, 0.1) is 5.92 Å². The molecule has 1 aliphatic carbocycles. The normalized spacial score (nSPS) is 23.9. The molecule has 1 aliphatic rings. The van der Waals surface area contributed by atoms with Crippen molar-refractivity contribution in [1.82, 2.24) is 0 Å². The smallest absolute Gasteiger partial charge is 0.0417 e. The van der Waals surface area contributed by atoms with Crippen LogP contribution in [0.25, 0.3) is 0 Å². The van der Waals surface area contributed by atoms with Gasteiger partial charge in [-0.05, 0) is 5.92 Å². The van der Waals surface area contributed by atoms with Crippen molar-refractivity contribution in [2.75, 3.05) is 0 Å². The summed E-state index contributed by atoms with van der Waals surface area (Å²) in [5.41, 5.74) is 0. The fraction of sp³-hybridized carbons (Fsp3) is 1.00. The Morgan fingerprint density at radius 2 is 0.389 bits per heavy atom. The highest BCUT2D eigenvalue weighted by atomic mass is 14.1. The van der Waals surface area contributed by atoms with Crippen LogP contribution in [0.4, 0.5) is 0 Å². The minimum Gasteiger partial charge on any atom is -0.0651 e. The van der Waals surface area contributed by atoms with Crippen LogP contribution in [0.1, 0.15) is 225 Å². The largest absolute Gasteiger partial charge is 0.0651 e. The predicted octanol–water partition coefficient (Wildman–Crippen LogP) is 13.9. The molecule has 0 aromatic heterocycles. The third-order valence-corrected chi connectivity index (χ3v) is 9.30. The Morgan fingerprint density at radius 3 is 0.528 bits per heavy atom. The molecule has 0 radical (unpaired) electrons. The van der Waals surface area contributed by atoms with E-state index in [1.807, 2.05) is 0 Å². The molecule has 0 heterocycles. The fourth-order valence-corrected chi connectivity index (χ4v) is 6.55. The number of hydrogen-bond acceptors (Lipinski definition) is 0. The van der Waals surface area contributed by atoms with E-state index in [9.17, 15) is 0 Å². The molecule has 0 aromatic rings. The molecule has 0 aliphatic heterocycles. The quantitative estimate of drug-likeness (QED) is 0.333. The Labute approximate surface area is 231 Å². The van der Waals surface area contributed by atoms with Crippen molar-refractivity contribution in [1.29, 1.82) is 0 Å². The number of hydrogen-bond donors (Lipinski definition) is 0. The molecule has 0 atom stereocenters. The van der Waals surface area contributed by atoms with Gasteiger partial charge in [-0.3, -0.25) is 0 Å². The summed E-state index contributed by atoms with van der Waals surface area (Å²) < 4.78 is 0. The van der Waals surface area contributed by atoms with Gasteiger partial charge in [0, 0.05) is 0 Å². The molecule has 0 heteroatoms. The fourth-order valence-electron chi connectivity index (χ4n) is 6.55. The maximum absolute atomic E-state index is 2.43. The highest BCUT2D eigenvalue weighted by Gasteiger charge is 2.06. The van der Waals surface area contributed by atoms with Gasteiger partial charge >= 0.3 is 0 Å². The van der Waals surface area contributed by atoms with Gasteiger partial charge in [0.15, 0.2) is 0 Å². The minimum atomic E-state index is 1.02. The van der Waals surface area contributed by atoms with E-state index in [1.165, 1.54) is 218 Å². The lowest BCUT2D eigenvalue weighted by Crippen LogP contribution is -1.99. The van der Waals surface area contributed by atoms with Crippen LogP contribution >= 0.6 is 0 Å². The lowest BCUT2D eigenvalue weighted by atomic mass is 9.92. The Morgan fingerprint density at radius 1 is 0.250 bits per heavy atom. The molecule has 1 rings (SSSR count). The van der Waals surface area contributed by atoms with Gasteiger partial charge in [-0.15, -0.1) is 0 Å². The Kier molecular flexibility index (Phi) is 27.9. The molecular formula is C36H72. The van der Waals surface area contributed by atoms with Gasteiger partial charge < -0.3 is 0 Å². The molecule has 0 aromatic carbocycles. The Bertz CT molecular complexity index is 351. The molecule has 0 bridgehead atoms. The molecular weight excluding hydrogens is 432 g/mol. The summed E-state index contributed by atoms with van der Waals surface area (Å²) in [4.78, 5) is 0. The van der Waals surface area contributed by atoms with Gasteiger partial charge in [-0.25, -0.2) is 0 Å². The summed E-state index contributed by atoms with van der Waals surface area (Å²) in [5.74, 6) is 1.02. The molecule has 0 nitrogen and oxygen atoms in total. The second kappa shape index (κ2) is 29.6. The SMILES string of the molecule is CCC1CCCCCCCCCCCCCCCCCCCCCCCCCCCCCCCCC1. The van der Waals surface area contributed by atoms with Crippen molar-refractivity contribution in [3.05, 3.63) is 0 Å². The zero-order valence-corrected chi connectivity index (χ0v) is 25.6. The van der Waals surface area contributed by atoms with Gasteiger partial charge in [0.25, 0.3) is 0 Å². The summed E-state index contributed by atoms with van der Waals surface area (Å²) >= 11 is 0. The van der Waals surface area contributed by atoms with Crippen molar-refractivity contribution in [3.63, 3.8) is 0 Å². The standard InChI is InChI=1S/C36H72/c1-2-36-34-32-30-28-26-24-22-20-18-16-14-12-10-8-6-4-3-5-7-9-11-13-15-17-19-21-23-25-27-29-31-33-35-36/h36H,2-35H2,1H3. The van der Waals surface area contributed by atoms with E-state index in [0.717, 1.165) is 5.92 Å². The van der Waals surface area contributed by atoms with Crippen LogP contribution in [0.2, 0.25) is 0 Å². The van der Waals surface area contributed by atoms with Crippen molar-refractivity contribution >= 4 is 0 Å². The summed E-state index contributed by atoms with van der Waals surface area (Å²) in [5, 5.41) is 0. The molecule has 0 spiro atoms. The van der Waals surface area contributed by atoms with Crippen molar-refractivity contribution in [2.45, 2.75) is 225 Å². The van der Waals surface area contributed by atoms with Crippen LogP contribution in [0.15, 0.2) is 0 Å². The monoisotopic (exact) mass is 505 g/mol. The van der Waals surface area contributed by atoms with E-state index in [-0.39, 0.29) is 0 Å². The zero-order chi connectivity index (χ0) is 25.6. The molecule has 36 heavy (non-hydrogen) atoms. The Hall–Kier alpha value is 0. The van der Waals surface area contributed by atoms with Crippen molar-refractivity contribution < 1.29 is 0 Å². The molecule has 1 fully saturated rings. The topological polar surface area (TPSA) is 0 Å². The third-order valence-electron chi connectivity index (χ3n) is 9.30. The van der Waals surface area contributed by atoms with Crippen LogP contribution < -0.4 is 0 Å². The van der Waals surface area contributed by atoms with Crippen molar-refractivity contribution in [3.8, 4) is 0 Å². The summed E-state index contributed by atoms with van der Waals surface area (Å²) in [7, 11) is 0. The molecule has 0 saturated heterocycles. The highest BCUT2D eigenvalue weighted by Crippen LogP contribution is 2.22. The highest BCUT2D eigenvalue weighted by molar-refractivity contribution is 4.60. The third kappa shape index (κ3) is 25.6. The Balaban J connectivity index is 2.09. The van der Waals surface area contributed by atoms with E-state index in [1.54, 1.807) is 0 Å². The first-order valence-corrected chi connectivity index (χ1v) is 17.9.